The number of carbonyl (C=O) groups excluding carboxylic acids is 3. The van der Waals surface area contributed by atoms with E-state index in [1.54, 1.807) is 43.9 Å². The van der Waals surface area contributed by atoms with Gasteiger partial charge in [-0.3, -0.25) is 14.4 Å². The molecule has 0 bridgehead atoms. The first-order valence-corrected chi connectivity index (χ1v) is 16.3. The minimum atomic E-state index is -1.30. The number of ether oxygens (including phenoxy) is 1. The molecule has 3 N–H and O–H groups in total. The van der Waals surface area contributed by atoms with Crippen molar-refractivity contribution in [1.29, 1.82) is 0 Å². The normalized spacial score (nSPS) is 13.0. The lowest BCUT2D eigenvalue weighted by Gasteiger charge is -2.30. The van der Waals surface area contributed by atoms with Gasteiger partial charge in [0.25, 0.3) is 11.8 Å². The number of nitrogens with zero attached hydrogens (tertiary/aromatic N) is 1. The standard InChI is InChI=1S/C37H47F2N3O5/c1-6-14-42(15-7-2)37(46)30-17-24(4)16-29(19-30)36(45)41-25(5)35(44)34(28-20-31(38)22-32(39)21-28)40-23-27-11-9-10-26(18-27)12-13-33(43)47-8-3/h9-11,16-22,25,34-35,40,44H,6-8,12-15,23H2,1-5H3,(H,41,45)/t25-,34?,35+/m0/s1. The molecule has 0 aliphatic rings. The Hall–Kier alpha value is -4.15. The van der Waals surface area contributed by atoms with Gasteiger partial charge in [0.15, 0.2) is 0 Å². The van der Waals surface area contributed by atoms with Crippen LogP contribution in [0.5, 0.6) is 0 Å². The molecular weight excluding hydrogens is 604 g/mol. The topological polar surface area (TPSA) is 108 Å². The maximum atomic E-state index is 14.3. The van der Waals surface area contributed by atoms with E-state index in [4.69, 9.17) is 4.74 Å². The number of hydrogen-bond donors (Lipinski definition) is 3. The van der Waals surface area contributed by atoms with Crippen molar-refractivity contribution in [1.82, 2.24) is 15.5 Å². The first-order valence-electron chi connectivity index (χ1n) is 16.3. The molecule has 2 amide bonds. The van der Waals surface area contributed by atoms with Crippen LogP contribution >= 0.6 is 0 Å². The predicted octanol–water partition coefficient (Wildman–Crippen LogP) is 6.04. The van der Waals surface area contributed by atoms with Gasteiger partial charge in [0.2, 0.25) is 0 Å². The van der Waals surface area contributed by atoms with E-state index < -0.39 is 35.7 Å². The fraction of sp³-hybridized carbons (Fsp3) is 0.432. The SMILES string of the molecule is CCCN(CCC)C(=O)c1cc(C)cc(C(=O)N[C@@H](C)[C@@H](O)C(NCc2cccc(CCC(=O)OCC)c2)c2cc(F)cc(F)c2)c1. The quantitative estimate of drug-likeness (QED) is 0.154. The van der Waals surface area contributed by atoms with Gasteiger partial charge in [-0.25, -0.2) is 8.78 Å². The summed E-state index contributed by atoms with van der Waals surface area (Å²) in [4.78, 5) is 40.2. The molecule has 8 nitrogen and oxygen atoms in total. The summed E-state index contributed by atoms with van der Waals surface area (Å²) in [6.45, 7) is 10.9. The summed E-state index contributed by atoms with van der Waals surface area (Å²) in [6, 6.07) is 13.7. The van der Waals surface area contributed by atoms with Gasteiger partial charge in [-0.1, -0.05) is 38.1 Å². The fourth-order valence-corrected chi connectivity index (χ4v) is 5.53. The summed E-state index contributed by atoms with van der Waals surface area (Å²) in [5.41, 5.74) is 3.32. The highest BCUT2D eigenvalue weighted by Gasteiger charge is 2.29. The van der Waals surface area contributed by atoms with Gasteiger partial charge in [0.1, 0.15) is 11.6 Å². The van der Waals surface area contributed by atoms with Crippen molar-refractivity contribution < 1.29 is 33.0 Å². The smallest absolute Gasteiger partial charge is 0.306 e. The summed E-state index contributed by atoms with van der Waals surface area (Å²) in [7, 11) is 0. The Labute approximate surface area is 276 Å². The second kappa shape index (κ2) is 18.3. The number of esters is 1. The summed E-state index contributed by atoms with van der Waals surface area (Å²) in [6.07, 6.45) is 1.04. The molecule has 10 heteroatoms. The molecule has 0 fully saturated rings. The molecule has 1 unspecified atom stereocenters. The molecule has 0 saturated carbocycles. The Morgan fingerprint density at radius 1 is 0.894 bits per heavy atom. The van der Waals surface area contributed by atoms with Crippen molar-refractivity contribution in [2.45, 2.75) is 85.0 Å². The van der Waals surface area contributed by atoms with Crippen LogP contribution < -0.4 is 10.6 Å². The van der Waals surface area contributed by atoms with Crippen molar-refractivity contribution in [3.8, 4) is 0 Å². The molecule has 47 heavy (non-hydrogen) atoms. The van der Waals surface area contributed by atoms with E-state index in [0.717, 1.165) is 47.7 Å². The number of benzene rings is 3. The third-order valence-electron chi connectivity index (χ3n) is 7.76. The summed E-state index contributed by atoms with van der Waals surface area (Å²) in [5.74, 6) is -2.53. The van der Waals surface area contributed by atoms with Gasteiger partial charge in [0, 0.05) is 43.2 Å². The van der Waals surface area contributed by atoms with Crippen molar-refractivity contribution in [3.05, 3.63) is 106 Å². The van der Waals surface area contributed by atoms with Crippen LogP contribution in [0, 0.1) is 18.6 Å². The number of halogens is 2. The van der Waals surface area contributed by atoms with Crippen molar-refractivity contribution in [2.75, 3.05) is 19.7 Å². The summed E-state index contributed by atoms with van der Waals surface area (Å²) >= 11 is 0. The Bertz CT molecular complexity index is 1490. The summed E-state index contributed by atoms with van der Waals surface area (Å²) in [5, 5.41) is 17.5. The van der Waals surface area contributed by atoms with Crippen LogP contribution in [0.1, 0.15) is 96.0 Å². The van der Waals surface area contributed by atoms with Crippen LogP contribution in [0.3, 0.4) is 0 Å². The molecule has 254 valence electrons. The zero-order chi connectivity index (χ0) is 34.5. The minimum absolute atomic E-state index is 0.151. The van der Waals surface area contributed by atoms with Crippen molar-refractivity contribution in [2.24, 2.45) is 0 Å². The van der Waals surface area contributed by atoms with Gasteiger partial charge < -0.3 is 25.4 Å². The first kappa shape index (κ1) is 37.3. The van der Waals surface area contributed by atoms with Crippen LogP contribution in [0.2, 0.25) is 0 Å². The van der Waals surface area contributed by atoms with E-state index in [1.807, 2.05) is 38.1 Å². The van der Waals surface area contributed by atoms with E-state index in [1.165, 1.54) is 0 Å². The van der Waals surface area contributed by atoms with E-state index in [9.17, 15) is 28.3 Å². The zero-order valence-corrected chi connectivity index (χ0v) is 27.9. The highest BCUT2D eigenvalue weighted by Crippen LogP contribution is 2.23. The number of hydrogen-bond acceptors (Lipinski definition) is 6. The Balaban J connectivity index is 1.80. The molecule has 3 atom stereocenters. The average Bonchev–Trinajstić information content (AvgIpc) is 3.03. The van der Waals surface area contributed by atoms with Crippen LogP contribution in [0.4, 0.5) is 8.78 Å². The molecule has 0 heterocycles. The molecule has 3 aromatic rings. The molecule has 0 radical (unpaired) electrons. The molecule has 0 spiro atoms. The van der Waals surface area contributed by atoms with E-state index in [-0.39, 0.29) is 36.0 Å². The molecule has 0 saturated heterocycles. The lowest BCUT2D eigenvalue weighted by Crippen LogP contribution is -2.47. The monoisotopic (exact) mass is 651 g/mol. The van der Waals surface area contributed by atoms with Crippen LogP contribution in [-0.4, -0.2) is 59.6 Å². The number of nitrogens with one attached hydrogen (secondary N) is 2. The van der Waals surface area contributed by atoms with Crippen molar-refractivity contribution in [3.63, 3.8) is 0 Å². The number of carbonyl (C=O) groups is 3. The van der Waals surface area contributed by atoms with E-state index in [0.29, 0.717) is 31.7 Å². The van der Waals surface area contributed by atoms with Gasteiger partial charge in [-0.2, -0.15) is 0 Å². The van der Waals surface area contributed by atoms with Crippen molar-refractivity contribution >= 4 is 17.8 Å². The first-order chi connectivity index (χ1) is 22.4. The second-order valence-corrected chi connectivity index (χ2v) is 11.8. The molecule has 3 aromatic carbocycles. The van der Waals surface area contributed by atoms with Crippen LogP contribution in [0.15, 0.2) is 60.7 Å². The maximum Gasteiger partial charge on any atom is 0.306 e. The number of aliphatic hydroxyl groups is 1. The van der Waals surface area contributed by atoms with Gasteiger partial charge in [-0.15, -0.1) is 0 Å². The third-order valence-corrected chi connectivity index (χ3v) is 7.76. The highest BCUT2D eigenvalue weighted by atomic mass is 19.1. The minimum Gasteiger partial charge on any atom is -0.466 e. The van der Waals surface area contributed by atoms with Gasteiger partial charge in [0.05, 0.1) is 24.8 Å². The Kier molecular flexibility index (Phi) is 14.5. The van der Waals surface area contributed by atoms with E-state index >= 15 is 0 Å². The Morgan fingerprint density at radius 2 is 1.53 bits per heavy atom. The summed E-state index contributed by atoms with van der Waals surface area (Å²) < 4.78 is 33.6. The largest absolute Gasteiger partial charge is 0.466 e. The lowest BCUT2D eigenvalue weighted by atomic mass is 9.95. The number of aliphatic hydroxyl groups excluding tert-OH is 1. The number of aryl methyl sites for hydroxylation is 2. The zero-order valence-electron chi connectivity index (χ0n) is 27.9. The molecule has 0 aliphatic carbocycles. The second-order valence-electron chi connectivity index (χ2n) is 11.8. The average molecular weight is 652 g/mol. The van der Waals surface area contributed by atoms with Crippen LogP contribution in [0.25, 0.3) is 0 Å². The molecule has 0 aromatic heterocycles. The highest BCUT2D eigenvalue weighted by molar-refractivity contribution is 6.00. The Morgan fingerprint density at radius 3 is 2.17 bits per heavy atom. The maximum absolute atomic E-state index is 14.3. The lowest BCUT2D eigenvalue weighted by molar-refractivity contribution is -0.143. The van der Waals surface area contributed by atoms with Crippen LogP contribution in [-0.2, 0) is 22.5 Å². The number of amides is 2. The van der Waals surface area contributed by atoms with Gasteiger partial charge >= 0.3 is 5.97 Å². The fourth-order valence-electron chi connectivity index (χ4n) is 5.53. The van der Waals surface area contributed by atoms with E-state index in [2.05, 4.69) is 10.6 Å². The third kappa shape index (κ3) is 11.3. The molecular formula is C37H47F2N3O5. The van der Waals surface area contributed by atoms with Gasteiger partial charge in [-0.05, 0) is 92.6 Å². The molecule has 3 rings (SSSR count). The molecule has 0 aliphatic heterocycles. The predicted molar refractivity (Wildman–Crippen MR) is 178 cm³/mol. The number of rotatable bonds is 17.